The summed E-state index contributed by atoms with van der Waals surface area (Å²) in [6.45, 7) is 6.32. The molecule has 3 rings (SSSR count). The van der Waals surface area contributed by atoms with Crippen LogP contribution in [0.3, 0.4) is 0 Å². The number of hydrogen-bond donors (Lipinski definition) is 0. The van der Waals surface area contributed by atoms with Gasteiger partial charge in [0, 0.05) is 0 Å². The van der Waals surface area contributed by atoms with Crippen LogP contribution in [0.4, 0.5) is 0 Å². The van der Waals surface area contributed by atoms with E-state index in [9.17, 15) is 0 Å². The van der Waals surface area contributed by atoms with Crippen LogP contribution in [-0.2, 0) is 0 Å². The van der Waals surface area contributed by atoms with Crippen molar-refractivity contribution in [2.45, 2.75) is 135 Å². The number of allylic oxidation sites excluding steroid dienone is 1. The Morgan fingerprint density at radius 2 is 0.931 bits per heavy atom. The summed E-state index contributed by atoms with van der Waals surface area (Å²) < 4.78 is 0. The van der Waals surface area contributed by atoms with Crippen molar-refractivity contribution in [3.8, 4) is 0 Å². The van der Waals surface area contributed by atoms with Crippen LogP contribution in [0.1, 0.15) is 135 Å². The van der Waals surface area contributed by atoms with E-state index in [0.717, 1.165) is 35.5 Å². The smallest absolute Gasteiger partial charge is 0.0236 e. The lowest BCUT2D eigenvalue weighted by Crippen LogP contribution is -2.26. The van der Waals surface area contributed by atoms with Gasteiger partial charge in [-0.2, -0.15) is 0 Å². The lowest BCUT2D eigenvalue weighted by atomic mass is 9.68. The van der Waals surface area contributed by atoms with Crippen LogP contribution in [-0.4, -0.2) is 0 Å². The van der Waals surface area contributed by atoms with E-state index < -0.39 is 0 Å². The fourth-order valence-electron chi connectivity index (χ4n) is 7.16. The Bertz CT molecular complexity index is 413. The normalized spacial score (nSPS) is 36.0. The van der Waals surface area contributed by atoms with Crippen LogP contribution >= 0.6 is 0 Å². The van der Waals surface area contributed by atoms with Gasteiger partial charge in [0.1, 0.15) is 0 Å². The van der Waals surface area contributed by atoms with E-state index in [2.05, 4.69) is 19.6 Å². The summed E-state index contributed by atoms with van der Waals surface area (Å²) >= 11 is 0. The molecule has 3 saturated carbocycles. The molecule has 168 valence electrons. The molecular weight excluding hydrogens is 348 g/mol. The zero-order chi connectivity index (χ0) is 20.3. The van der Waals surface area contributed by atoms with Gasteiger partial charge in [-0.1, -0.05) is 90.0 Å². The maximum atomic E-state index is 3.99. The highest BCUT2D eigenvalue weighted by Crippen LogP contribution is 2.43. The zero-order valence-corrected chi connectivity index (χ0v) is 19.9. The SMILES string of the molecule is C=C[C@H]1CC[C@H](CCCCC2CCC([C@H]3CC[C@H](CCCCC)CC3)CC2)CC1. The molecule has 0 aromatic rings. The van der Waals surface area contributed by atoms with E-state index in [-0.39, 0.29) is 0 Å². The van der Waals surface area contributed by atoms with Crippen molar-refractivity contribution in [2.24, 2.45) is 35.5 Å². The van der Waals surface area contributed by atoms with Crippen molar-refractivity contribution in [3.05, 3.63) is 12.7 Å². The number of unbranched alkanes of at least 4 members (excludes halogenated alkanes) is 3. The molecule has 0 saturated heterocycles. The molecule has 0 atom stereocenters. The summed E-state index contributed by atoms with van der Waals surface area (Å²) in [7, 11) is 0. The Labute approximate surface area is 183 Å². The van der Waals surface area contributed by atoms with E-state index in [1.165, 1.54) is 70.6 Å². The Morgan fingerprint density at radius 3 is 1.31 bits per heavy atom. The van der Waals surface area contributed by atoms with Crippen molar-refractivity contribution in [1.29, 1.82) is 0 Å². The topological polar surface area (TPSA) is 0 Å². The first-order valence-corrected chi connectivity index (χ1v) is 13.9. The molecule has 0 amide bonds. The Balaban J connectivity index is 1.21. The standard InChI is InChI=1S/C29H52/c1-3-5-6-9-26-16-20-28(21-17-26)29-22-18-27(19-23-29)11-8-7-10-25-14-12-24(4-2)13-15-25/h4,24-29H,2-3,5-23H2,1H3/t24-,25-,26-,27?,28-,29?. The Kier molecular flexibility index (Phi) is 10.7. The summed E-state index contributed by atoms with van der Waals surface area (Å²) in [5.74, 6) is 6.23. The van der Waals surface area contributed by atoms with Crippen LogP contribution < -0.4 is 0 Å². The van der Waals surface area contributed by atoms with Crippen molar-refractivity contribution in [2.75, 3.05) is 0 Å². The number of hydrogen-bond acceptors (Lipinski definition) is 0. The van der Waals surface area contributed by atoms with Crippen LogP contribution in [0.15, 0.2) is 12.7 Å². The van der Waals surface area contributed by atoms with E-state index in [0.29, 0.717) is 0 Å². The molecule has 0 N–H and O–H groups in total. The van der Waals surface area contributed by atoms with Crippen LogP contribution in [0.2, 0.25) is 0 Å². The fraction of sp³-hybridized carbons (Fsp3) is 0.931. The molecule has 0 heteroatoms. The van der Waals surface area contributed by atoms with E-state index in [1.54, 1.807) is 57.8 Å². The van der Waals surface area contributed by atoms with Gasteiger partial charge in [0.2, 0.25) is 0 Å². The minimum atomic E-state index is 0.831. The lowest BCUT2D eigenvalue weighted by molar-refractivity contribution is 0.139. The maximum Gasteiger partial charge on any atom is -0.0236 e. The Morgan fingerprint density at radius 1 is 0.552 bits per heavy atom. The average Bonchev–Trinajstić information content (AvgIpc) is 2.78. The van der Waals surface area contributed by atoms with E-state index in [4.69, 9.17) is 0 Å². The number of rotatable bonds is 11. The van der Waals surface area contributed by atoms with Gasteiger partial charge in [-0.3, -0.25) is 0 Å². The van der Waals surface area contributed by atoms with Gasteiger partial charge >= 0.3 is 0 Å². The first-order chi connectivity index (χ1) is 14.3. The molecular formula is C29H52. The fourth-order valence-corrected chi connectivity index (χ4v) is 7.16. The third-order valence-electron chi connectivity index (χ3n) is 9.36. The third kappa shape index (κ3) is 8.06. The summed E-state index contributed by atoms with van der Waals surface area (Å²) in [6.07, 6.45) is 32.4. The van der Waals surface area contributed by atoms with Crippen molar-refractivity contribution in [1.82, 2.24) is 0 Å². The van der Waals surface area contributed by atoms with Crippen molar-refractivity contribution < 1.29 is 0 Å². The van der Waals surface area contributed by atoms with Gasteiger partial charge in [-0.05, 0) is 86.9 Å². The highest BCUT2D eigenvalue weighted by Gasteiger charge is 2.30. The predicted octanol–water partition coefficient (Wildman–Crippen LogP) is 9.73. The highest BCUT2D eigenvalue weighted by atomic mass is 14.4. The van der Waals surface area contributed by atoms with Gasteiger partial charge in [0.25, 0.3) is 0 Å². The summed E-state index contributed by atoms with van der Waals surface area (Å²) in [5.41, 5.74) is 0. The average molecular weight is 401 g/mol. The van der Waals surface area contributed by atoms with Gasteiger partial charge in [0.15, 0.2) is 0 Å². The molecule has 0 heterocycles. The van der Waals surface area contributed by atoms with Gasteiger partial charge in [-0.25, -0.2) is 0 Å². The van der Waals surface area contributed by atoms with Gasteiger partial charge < -0.3 is 0 Å². The predicted molar refractivity (Wildman–Crippen MR) is 129 cm³/mol. The van der Waals surface area contributed by atoms with Gasteiger partial charge in [0.05, 0.1) is 0 Å². The molecule has 0 spiro atoms. The molecule has 0 unspecified atom stereocenters. The summed E-state index contributed by atoms with van der Waals surface area (Å²) in [6, 6.07) is 0. The minimum Gasteiger partial charge on any atom is -0.103 e. The third-order valence-corrected chi connectivity index (χ3v) is 9.36. The quantitative estimate of drug-likeness (QED) is 0.239. The second-order valence-corrected chi connectivity index (χ2v) is 11.4. The monoisotopic (exact) mass is 400 g/mol. The van der Waals surface area contributed by atoms with Gasteiger partial charge in [-0.15, -0.1) is 6.58 Å². The van der Waals surface area contributed by atoms with Crippen LogP contribution in [0, 0.1) is 35.5 Å². The largest absolute Gasteiger partial charge is 0.103 e. The molecule has 0 aromatic heterocycles. The molecule has 0 bridgehead atoms. The lowest BCUT2D eigenvalue weighted by Gasteiger charge is -2.38. The minimum absolute atomic E-state index is 0.831. The molecule has 0 nitrogen and oxygen atoms in total. The molecule has 29 heavy (non-hydrogen) atoms. The van der Waals surface area contributed by atoms with Crippen LogP contribution in [0.5, 0.6) is 0 Å². The molecule has 0 radical (unpaired) electrons. The van der Waals surface area contributed by atoms with Crippen molar-refractivity contribution in [3.63, 3.8) is 0 Å². The first kappa shape index (κ1) is 23.4. The maximum absolute atomic E-state index is 3.99. The van der Waals surface area contributed by atoms with Crippen molar-refractivity contribution >= 4 is 0 Å². The Hall–Kier alpha value is -0.260. The summed E-state index contributed by atoms with van der Waals surface area (Å²) in [5, 5.41) is 0. The molecule has 0 aliphatic heterocycles. The highest BCUT2D eigenvalue weighted by molar-refractivity contribution is 4.84. The van der Waals surface area contributed by atoms with Crippen LogP contribution in [0.25, 0.3) is 0 Å². The summed E-state index contributed by atoms with van der Waals surface area (Å²) in [4.78, 5) is 0. The molecule has 3 fully saturated rings. The van der Waals surface area contributed by atoms with E-state index >= 15 is 0 Å². The molecule has 0 aromatic carbocycles. The zero-order valence-electron chi connectivity index (χ0n) is 19.9. The molecule has 3 aliphatic carbocycles. The first-order valence-electron chi connectivity index (χ1n) is 13.9. The van der Waals surface area contributed by atoms with E-state index in [1.807, 2.05) is 0 Å². The molecule has 3 aliphatic rings. The second kappa shape index (κ2) is 13.2. The second-order valence-electron chi connectivity index (χ2n) is 11.4.